The summed E-state index contributed by atoms with van der Waals surface area (Å²) in [5.41, 5.74) is 5.81. The van der Waals surface area contributed by atoms with Crippen LogP contribution in [-0.4, -0.2) is 60.7 Å². The van der Waals surface area contributed by atoms with E-state index in [0.717, 1.165) is 52.2 Å². The summed E-state index contributed by atoms with van der Waals surface area (Å²) in [7, 11) is 0. The minimum Gasteiger partial charge on any atom is -0.378 e. The molecule has 0 radical (unpaired) electrons. The molecule has 2 aliphatic rings. The summed E-state index contributed by atoms with van der Waals surface area (Å²) in [5, 5.41) is 11.5. The first-order chi connectivity index (χ1) is 12.0. The second-order valence-electron chi connectivity index (χ2n) is 7.12. The van der Waals surface area contributed by atoms with Crippen LogP contribution in [0.25, 0.3) is 0 Å². The highest BCUT2D eigenvalue weighted by molar-refractivity contribution is 5.71. The monoisotopic (exact) mass is 350 g/mol. The van der Waals surface area contributed by atoms with Crippen molar-refractivity contribution in [2.75, 3.05) is 61.3 Å². The van der Waals surface area contributed by atoms with Gasteiger partial charge in [-0.3, -0.25) is 10.1 Å². The Labute approximate surface area is 148 Å². The summed E-state index contributed by atoms with van der Waals surface area (Å²) in [4.78, 5) is 25.5. The number of anilines is 3. The van der Waals surface area contributed by atoms with Gasteiger partial charge in [-0.2, -0.15) is 9.97 Å². The van der Waals surface area contributed by atoms with Crippen LogP contribution in [0.1, 0.15) is 26.7 Å². The van der Waals surface area contributed by atoms with Gasteiger partial charge in [-0.1, -0.05) is 6.92 Å². The summed E-state index contributed by atoms with van der Waals surface area (Å²) in [6, 6.07) is 0. The Balaban J connectivity index is 1.92. The quantitative estimate of drug-likeness (QED) is 0.578. The molecule has 0 unspecified atom stereocenters. The van der Waals surface area contributed by atoms with Crippen molar-refractivity contribution in [2.45, 2.75) is 26.7 Å². The molecule has 0 bridgehead atoms. The Morgan fingerprint density at radius 1 is 1.28 bits per heavy atom. The van der Waals surface area contributed by atoms with E-state index in [1.807, 2.05) is 4.90 Å². The molecule has 0 amide bonds. The standard InChI is InChI=1S/C16H27N7O2/c1-3-20-7-9-21(10-8-20)15-13(23(24)25)14(17)18-16(19-15)22-6-4-5-12(2)11-22/h12H,3-11H2,1-2H3,(H2,17,18,19)/p+1/t12-/m1/s1. The summed E-state index contributed by atoms with van der Waals surface area (Å²) < 4.78 is 0. The van der Waals surface area contributed by atoms with Gasteiger partial charge < -0.3 is 20.4 Å². The fourth-order valence-electron chi connectivity index (χ4n) is 3.74. The molecular formula is C16H28N7O2+. The molecule has 2 saturated heterocycles. The summed E-state index contributed by atoms with van der Waals surface area (Å²) >= 11 is 0. The smallest absolute Gasteiger partial charge is 0.353 e. The molecular weight excluding hydrogens is 322 g/mol. The molecule has 9 nitrogen and oxygen atoms in total. The lowest BCUT2D eigenvalue weighted by Crippen LogP contribution is -3.14. The Morgan fingerprint density at radius 3 is 2.60 bits per heavy atom. The van der Waals surface area contributed by atoms with Gasteiger partial charge in [-0.15, -0.1) is 0 Å². The maximum Gasteiger partial charge on any atom is 0.353 e. The number of nitro groups is 1. The molecule has 3 rings (SSSR count). The van der Waals surface area contributed by atoms with E-state index >= 15 is 0 Å². The van der Waals surface area contributed by atoms with Crippen molar-refractivity contribution in [1.29, 1.82) is 0 Å². The highest BCUT2D eigenvalue weighted by Crippen LogP contribution is 2.33. The van der Waals surface area contributed by atoms with Crippen LogP contribution in [0.2, 0.25) is 0 Å². The topological polar surface area (TPSA) is 106 Å². The maximum absolute atomic E-state index is 11.5. The van der Waals surface area contributed by atoms with Gasteiger partial charge >= 0.3 is 5.69 Å². The molecule has 3 heterocycles. The molecule has 138 valence electrons. The van der Waals surface area contributed by atoms with Gasteiger partial charge in [0.05, 0.1) is 37.6 Å². The van der Waals surface area contributed by atoms with Gasteiger partial charge in [0.15, 0.2) is 0 Å². The van der Waals surface area contributed by atoms with E-state index < -0.39 is 4.92 Å². The zero-order valence-corrected chi connectivity index (χ0v) is 15.1. The number of piperidine rings is 1. The third-order valence-corrected chi connectivity index (χ3v) is 5.27. The minimum atomic E-state index is -0.452. The molecule has 25 heavy (non-hydrogen) atoms. The molecule has 2 aliphatic heterocycles. The molecule has 1 aromatic rings. The number of hydrogen-bond donors (Lipinski definition) is 2. The van der Waals surface area contributed by atoms with Crippen molar-refractivity contribution in [2.24, 2.45) is 5.92 Å². The van der Waals surface area contributed by atoms with Crippen LogP contribution in [0.5, 0.6) is 0 Å². The normalized spacial score (nSPS) is 22.2. The number of nitrogens with zero attached hydrogens (tertiary/aromatic N) is 5. The number of hydrogen-bond acceptors (Lipinski definition) is 7. The molecule has 0 spiro atoms. The number of rotatable bonds is 4. The van der Waals surface area contributed by atoms with E-state index in [1.54, 1.807) is 0 Å². The summed E-state index contributed by atoms with van der Waals surface area (Å²) in [5.74, 6) is 1.43. The van der Waals surface area contributed by atoms with Crippen molar-refractivity contribution in [3.8, 4) is 0 Å². The third kappa shape index (κ3) is 3.76. The lowest BCUT2D eigenvalue weighted by molar-refractivity contribution is -0.898. The van der Waals surface area contributed by atoms with Crippen LogP contribution in [0.15, 0.2) is 0 Å². The molecule has 2 fully saturated rings. The first kappa shape index (κ1) is 17.7. The number of piperazine rings is 1. The molecule has 1 aromatic heterocycles. The number of nitrogens with two attached hydrogens (primary N) is 1. The van der Waals surface area contributed by atoms with E-state index in [9.17, 15) is 10.1 Å². The number of aromatic nitrogens is 2. The molecule has 0 aromatic carbocycles. The summed E-state index contributed by atoms with van der Waals surface area (Å²) in [6.07, 6.45) is 2.27. The predicted octanol–water partition coefficient (Wildman–Crippen LogP) is -0.0719. The Morgan fingerprint density at radius 2 is 2.00 bits per heavy atom. The van der Waals surface area contributed by atoms with E-state index in [-0.39, 0.29) is 11.5 Å². The van der Waals surface area contributed by atoms with Crippen LogP contribution >= 0.6 is 0 Å². The first-order valence-electron chi connectivity index (χ1n) is 9.15. The second-order valence-corrected chi connectivity index (χ2v) is 7.12. The SMILES string of the molecule is CC[NH+]1CCN(c2nc(N3CCC[C@@H](C)C3)nc(N)c2[N+](=O)[O-])CC1. The van der Waals surface area contributed by atoms with E-state index in [2.05, 4.69) is 28.7 Å². The average molecular weight is 350 g/mol. The van der Waals surface area contributed by atoms with Gasteiger partial charge in [-0.25, -0.2) is 0 Å². The first-order valence-corrected chi connectivity index (χ1v) is 9.15. The molecule has 3 N–H and O–H groups in total. The van der Waals surface area contributed by atoms with Crippen LogP contribution in [0.4, 0.5) is 23.3 Å². The number of likely N-dealkylation sites (N-methyl/N-ethyl adjacent to an activating group) is 1. The van der Waals surface area contributed by atoms with Gasteiger partial charge in [0.2, 0.25) is 17.6 Å². The molecule has 0 aliphatic carbocycles. The van der Waals surface area contributed by atoms with Crippen molar-refractivity contribution < 1.29 is 9.82 Å². The molecule has 1 atom stereocenters. The fraction of sp³-hybridized carbons (Fsp3) is 0.750. The Kier molecular flexibility index (Phi) is 5.22. The van der Waals surface area contributed by atoms with Gasteiger partial charge in [0.25, 0.3) is 0 Å². The largest absolute Gasteiger partial charge is 0.378 e. The average Bonchev–Trinajstić information content (AvgIpc) is 2.60. The second kappa shape index (κ2) is 7.38. The maximum atomic E-state index is 11.5. The van der Waals surface area contributed by atoms with E-state index in [1.165, 1.54) is 11.3 Å². The highest BCUT2D eigenvalue weighted by atomic mass is 16.6. The van der Waals surface area contributed by atoms with E-state index in [4.69, 9.17) is 5.73 Å². The highest BCUT2D eigenvalue weighted by Gasteiger charge is 2.32. The fourth-order valence-corrected chi connectivity index (χ4v) is 3.74. The number of nitrogen functional groups attached to an aromatic ring is 1. The van der Waals surface area contributed by atoms with E-state index in [0.29, 0.717) is 17.7 Å². The Bertz CT molecular complexity index is 631. The molecule has 0 saturated carbocycles. The zero-order valence-electron chi connectivity index (χ0n) is 15.1. The van der Waals surface area contributed by atoms with Crippen LogP contribution in [-0.2, 0) is 0 Å². The summed E-state index contributed by atoms with van der Waals surface area (Å²) in [6.45, 7) is 10.6. The van der Waals surface area contributed by atoms with Gasteiger partial charge in [0.1, 0.15) is 0 Å². The lowest BCUT2D eigenvalue weighted by Gasteiger charge is -2.34. The van der Waals surface area contributed by atoms with Gasteiger partial charge in [-0.05, 0) is 25.7 Å². The minimum absolute atomic E-state index is 0.0338. The number of quaternary nitrogens is 1. The third-order valence-electron chi connectivity index (χ3n) is 5.27. The van der Waals surface area contributed by atoms with Crippen molar-refractivity contribution in [3.63, 3.8) is 0 Å². The predicted molar refractivity (Wildman–Crippen MR) is 97.2 cm³/mol. The van der Waals surface area contributed by atoms with Crippen LogP contribution in [0, 0.1) is 16.0 Å². The molecule has 9 heteroatoms. The van der Waals surface area contributed by atoms with Crippen LogP contribution < -0.4 is 20.4 Å². The zero-order chi connectivity index (χ0) is 18.0. The number of nitrogens with one attached hydrogen (secondary N) is 1. The van der Waals surface area contributed by atoms with Crippen molar-refractivity contribution in [1.82, 2.24) is 9.97 Å². The van der Waals surface area contributed by atoms with Crippen LogP contribution in [0.3, 0.4) is 0 Å². The van der Waals surface area contributed by atoms with Crippen molar-refractivity contribution >= 4 is 23.3 Å². The van der Waals surface area contributed by atoms with Gasteiger partial charge in [0, 0.05) is 13.1 Å². The Hall–Kier alpha value is -2.16. The van der Waals surface area contributed by atoms with Crippen molar-refractivity contribution in [3.05, 3.63) is 10.1 Å². The lowest BCUT2D eigenvalue weighted by atomic mass is 10.0.